The molecular formula is C26H32FN9O2. The van der Waals surface area contributed by atoms with Crippen molar-refractivity contribution in [2.75, 3.05) is 45.2 Å². The third-order valence-electron chi connectivity index (χ3n) is 6.93. The third kappa shape index (κ3) is 5.59. The van der Waals surface area contributed by atoms with E-state index in [-0.39, 0.29) is 23.7 Å². The molecule has 0 bridgehead atoms. The number of amides is 1. The second kappa shape index (κ2) is 11.1. The van der Waals surface area contributed by atoms with Gasteiger partial charge in [0.2, 0.25) is 0 Å². The fourth-order valence-electron chi connectivity index (χ4n) is 4.56. The molecule has 3 aromatic rings. The summed E-state index contributed by atoms with van der Waals surface area (Å²) < 4.78 is 21.3. The average Bonchev–Trinajstić information content (AvgIpc) is 3.70. The molecule has 200 valence electrons. The van der Waals surface area contributed by atoms with E-state index in [1.165, 1.54) is 44.0 Å². The van der Waals surface area contributed by atoms with Crippen LogP contribution in [0.1, 0.15) is 35.7 Å². The van der Waals surface area contributed by atoms with Crippen LogP contribution in [-0.4, -0.2) is 65.5 Å². The number of halogens is 1. The summed E-state index contributed by atoms with van der Waals surface area (Å²) in [6.07, 6.45) is 9.37. The zero-order valence-electron chi connectivity index (χ0n) is 21.6. The number of ether oxygens (including phenoxy) is 1. The van der Waals surface area contributed by atoms with Crippen LogP contribution in [0.25, 0.3) is 5.65 Å². The summed E-state index contributed by atoms with van der Waals surface area (Å²) >= 11 is 0. The zero-order valence-corrected chi connectivity index (χ0v) is 21.6. The molecule has 0 aromatic carbocycles. The lowest BCUT2D eigenvalue weighted by atomic mass is 10.1. The summed E-state index contributed by atoms with van der Waals surface area (Å²) in [6.45, 7) is 4.13. The van der Waals surface area contributed by atoms with E-state index in [0.717, 1.165) is 43.2 Å². The molecule has 0 atom stereocenters. The predicted molar refractivity (Wildman–Crippen MR) is 140 cm³/mol. The number of imidazole rings is 1. The average molecular weight is 522 g/mol. The zero-order chi connectivity index (χ0) is 26.6. The van der Waals surface area contributed by atoms with Gasteiger partial charge in [0.25, 0.3) is 5.91 Å². The SMILES string of the molecule is COc1ccnc(CNC(=O)/C(=C/NCc2cn3cc(C4CC4)cc(N4CCN(C)CC4)c3n2)N=N)c1F. The van der Waals surface area contributed by atoms with Gasteiger partial charge in [-0.25, -0.2) is 14.9 Å². The molecule has 1 aliphatic heterocycles. The molecule has 1 amide bonds. The maximum absolute atomic E-state index is 14.3. The van der Waals surface area contributed by atoms with E-state index in [2.05, 4.69) is 54.2 Å². The van der Waals surface area contributed by atoms with Crippen molar-refractivity contribution in [2.24, 2.45) is 5.11 Å². The van der Waals surface area contributed by atoms with Crippen molar-refractivity contribution in [3.63, 3.8) is 0 Å². The highest BCUT2D eigenvalue weighted by Crippen LogP contribution is 2.42. The van der Waals surface area contributed by atoms with Gasteiger partial charge in [-0.1, -0.05) is 0 Å². The Morgan fingerprint density at radius 3 is 2.76 bits per heavy atom. The van der Waals surface area contributed by atoms with Gasteiger partial charge in [-0.15, -0.1) is 0 Å². The number of anilines is 1. The fourth-order valence-corrected chi connectivity index (χ4v) is 4.56. The summed E-state index contributed by atoms with van der Waals surface area (Å²) in [6, 6.07) is 3.69. The van der Waals surface area contributed by atoms with Crippen LogP contribution < -0.4 is 20.3 Å². The minimum Gasteiger partial charge on any atom is -0.494 e. The number of piperazine rings is 1. The Labute approximate surface area is 220 Å². The van der Waals surface area contributed by atoms with Crippen LogP contribution in [0, 0.1) is 11.3 Å². The highest BCUT2D eigenvalue weighted by Gasteiger charge is 2.27. The molecule has 1 saturated heterocycles. The number of methoxy groups -OCH3 is 1. The van der Waals surface area contributed by atoms with Gasteiger partial charge in [-0.3, -0.25) is 9.78 Å². The first-order valence-electron chi connectivity index (χ1n) is 12.7. The fraction of sp³-hybridized carbons (Fsp3) is 0.423. The van der Waals surface area contributed by atoms with E-state index in [4.69, 9.17) is 15.3 Å². The highest BCUT2D eigenvalue weighted by atomic mass is 19.1. The Bertz CT molecular complexity index is 1360. The molecule has 0 spiro atoms. The topological polar surface area (TPSA) is 123 Å². The number of carbonyl (C=O) groups excluding carboxylic acids is 1. The molecule has 11 nitrogen and oxygen atoms in total. The molecule has 12 heteroatoms. The first-order valence-corrected chi connectivity index (χ1v) is 12.7. The molecule has 4 heterocycles. The Morgan fingerprint density at radius 1 is 1.26 bits per heavy atom. The van der Waals surface area contributed by atoms with Gasteiger partial charge in [-0.05, 0) is 37.4 Å². The summed E-state index contributed by atoms with van der Waals surface area (Å²) in [5, 5.41) is 8.88. The van der Waals surface area contributed by atoms with Gasteiger partial charge in [-0.2, -0.15) is 5.11 Å². The number of rotatable bonds is 10. The number of hydrogen-bond acceptors (Lipinski definition) is 9. The number of likely N-dealkylation sites (N-methyl/N-ethyl adjacent to an activating group) is 1. The van der Waals surface area contributed by atoms with Gasteiger partial charge in [0.1, 0.15) is 0 Å². The lowest BCUT2D eigenvalue weighted by molar-refractivity contribution is -0.117. The summed E-state index contributed by atoms with van der Waals surface area (Å²) in [4.78, 5) is 26.1. The molecule has 1 saturated carbocycles. The molecule has 38 heavy (non-hydrogen) atoms. The monoisotopic (exact) mass is 521 g/mol. The van der Waals surface area contributed by atoms with Crippen LogP contribution in [0.2, 0.25) is 0 Å². The Kier molecular flexibility index (Phi) is 7.50. The molecule has 0 radical (unpaired) electrons. The first kappa shape index (κ1) is 25.6. The van der Waals surface area contributed by atoms with Crippen molar-refractivity contribution in [2.45, 2.75) is 31.8 Å². The molecule has 3 N–H and O–H groups in total. The predicted octanol–water partition coefficient (Wildman–Crippen LogP) is 2.78. The summed E-state index contributed by atoms with van der Waals surface area (Å²) in [5.74, 6) is -0.607. The minimum atomic E-state index is -0.644. The molecule has 0 unspecified atom stereocenters. The van der Waals surface area contributed by atoms with E-state index in [0.29, 0.717) is 12.5 Å². The van der Waals surface area contributed by atoms with Crippen LogP contribution in [0.5, 0.6) is 5.75 Å². The van der Waals surface area contributed by atoms with Crippen LogP contribution in [0.4, 0.5) is 10.1 Å². The second-order valence-corrected chi connectivity index (χ2v) is 9.67. The van der Waals surface area contributed by atoms with Gasteiger partial charge in [0, 0.05) is 57.0 Å². The van der Waals surface area contributed by atoms with Gasteiger partial charge in [0.15, 0.2) is 22.9 Å². The maximum Gasteiger partial charge on any atom is 0.273 e. The number of hydrogen-bond donors (Lipinski definition) is 3. The number of nitrogens with zero attached hydrogens (tertiary/aromatic N) is 6. The van der Waals surface area contributed by atoms with Crippen molar-refractivity contribution in [3.8, 4) is 5.75 Å². The van der Waals surface area contributed by atoms with Crippen LogP contribution in [0.15, 0.2) is 47.7 Å². The van der Waals surface area contributed by atoms with Gasteiger partial charge < -0.3 is 29.6 Å². The highest BCUT2D eigenvalue weighted by molar-refractivity contribution is 5.92. The largest absolute Gasteiger partial charge is 0.494 e. The first-order chi connectivity index (χ1) is 18.5. The van der Waals surface area contributed by atoms with Crippen LogP contribution in [0.3, 0.4) is 0 Å². The molecule has 1 aliphatic carbocycles. The maximum atomic E-state index is 14.3. The molecule has 2 fully saturated rings. The molecular weight excluding hydrogens is 489 g/mol. The number of aromatic nitrogens is 3. The lowest BCUT2D eigenvalue weighted by Crippen LogP contribution is -2.44. The summed E-state index contributed by atoms with van der Waals surface area (Å²) in [7, 11) is 3.50. The number of pyridine rings is 2. The van der Waals surface area contributed by atoms with Gasteiger partial charge in [0.05, 0.1) is 37.3 Å². The van der Waals surface area contributed by atoms with Crippen LogP contribution in [-0.2, 0) is 17.9 Å². The van der Waals surface area contributed by atoms with Gasteiger partial charge >= 0.3 is 0 Å². The second-order valence-electron chi connectivity index (χ2n) is 9.67. The standard InChI is InChI=1S/C26H32FN9O2/c1-34-7-9-35(10-8-34)22-11-18(17-3-4-17)15-36-16-19(32-25(22)36)12-29-13-21(33-28)26(37)31-14-20-24(27)23(38-2)5-6-30-20/h5-6,11,13,15-17,28-29H,3-4,7-10,12,14H2,1-2H3,(H,31,37)/b21-13-,33-28?. The van der Waals surface area contributed by atoms with Crippen molar-refractivity contribution in [1.29, 1.82) is 5.53 Å². The van der Waals surface area contributed by atoms with Crippen LogP contribution >= 0.6 is 0 Å². The number of nitrogens with one attached hydrogen (secondary N) is 3. The molecule has 3 aromatic heterocycles. The molecule has 5 rings (SSSR count). The Morgan fingerprint density at radius 2 is 2.05 bits per heavy atom. The van der Waals surface area contributed by atoms with Crippen molar-refractivity contribution >= 4 is 17.2 Å². The molecule has 2 aliphatic rings. The summed E-state index contributed by atoms with van der Waals surface area (Å²) in [5.41, 5.74) is 11.5. The van der Waals surface area contributed by atoms with Crippen molar-refractivity contribution < 1.29 is 13.9 Å². The van der Waals surface area contributed by atoms with Crippen molar-refractivity contribution in [1.82, 2.24) is 29.9 Å². The number of carbonyl (C=O) groups is 1. The minimum absolute atomic E-state index is 0.0291. The van der Waals surface area contributed by atoms with E-state index in [9.17, 15) is 9.18 Å². The third-order valence-corrected chi connectivity index (χ3v) is 6.93. The van der Waals surface area contributed by atoms with E-state index < -0.39 is 11.7 Å². The van der Waals surface area contributed by atoms with E-state index >= 15 is 0 Å². The normalized spacial score (nSPS) is 16.5. The Hall–Kier alpha value is -4.06. The van der Waals surface area contributed by atoms with Crippen molar-refractivity contribution in [3.05, 3.63) is 65.4 Å². The Balaban J connectivity index is 1.26. The van der Waals surface area contributed by atoms with E-state index in [1.807, 2.05) is 6.20 Å². The number of fused-ring (bicyclic) bond motifs is 1. The smallest absolute Gasteiger partial charge is 0.273 e. The quantitative estimate of drug-likeness (QED) is 0.277. The van der Waals surface area contributed by atoms with E-state index in [1.54, 1.807) is 0 Å². The lowest BCUT2D eigenvalue weighted by Gasteiger charge is -2.34.